The lowest BCUT2D eigenvalue weighted by atomic mass is 9.82. The van der Waals surface area contributed by atoms with E-state index in [0.717, 1.165) is 11.1 Å². The Morgan fingerprint density at radius 1 is 0.729 bits per heavy atom. The zero-order valence-corrected chi connectivity index (χ0v) is 25.8. The van der Waals surface area contributed by atoms with Gasteiger partial charge in [-0.3, -0.25) is 9.59 Å². The molecule has 1 unspecified atom stereocenters. The summed E-state index contributed by atoms with van der Waals surface area (Å²) < 4.78 is 31.5. The maximum absolute atomic E-state index is 13.2. The van der Waals surface area contributed by atoms with Gasteiger partial charge in [0.2, 0.25) is 5.91 Å². The molecule has 0 aliphatic carbocycles. The summed E-state index contributed by atoms with van der Waals surface area (Å²) in [6, 6.07) is 33.0. The van der Waals surface area contributed by atoms with Crippen molar-refractivity contribution in [2.45, 2.75) is 37.4 Å². The van der Waals surface area contributed by atoms with Crippen molar-refractivity contribution in [3.8, 4) is 11.1 Å². The van der Waals surface area contributed by atoms with Crippen LogP contribution in [0.1, 0.15) is 39.9 Å². The topological polar surface area (TPSA) is 164 Å². The second-order valence-electron chi connectivity index (χ2n) is 10.7. The number of carboxylic acids is 2. The van der Waals surface area contributed by atoms with Crippen LogP contribution in [-0.2, 0) is 32.8 Å². The van der Waals surface area contributed by atoms with E-state index in [1.165, 1.54) is 0 Å². The molecule has 4 N–H and O–H groups in total. The molecule has 9 nitrogen and oxygen atoms in total. The van der Waals surface area contributed by atoms with Gasteiger partial charge in [0.1, 0.15) is 11.5 Å². The maximum Gasteiger partial charge on any atom is 0.430 e. The summed E-state index contributed by atoms with van der Waals surface area (Å²) in [6.07, 6.45) is -3.79. The van der Waals surface area contributed by atoms with Crippen LogP contribution in [0.15, 0.2) is 109 Å². The van der Waals surface area contributed by atoms with E-state index in [1.807, 2.05) is 66.7 Å². The van der Waals surface area contributed by atoms with Crippen molar-refractivity contribution in [3.63, 3.8) is 0 Å². The van der Waals surface area contributed by atoms with Gasteiger partial charge < -0.3 is 36.2 Å². The van der Waals surface area contributed by atoms with Gasteiger partial charge in [-0.15, -0.1) is 0 Å². The number of aryl methyl sites for hydroxylation is 1. The molecule has 4 rings (SSSR count). The minimum atomic E-state index is -5.19. The molecule has 0 saturated heterocycles. The van der Waals surface area contributed by atoms with Gasteiger partial charge in [0.15, 0.2) is 0 Å². The molecule has 4 aromatic rings. The van der Waals surface area contributed by atoms with E-state index >= 15 is 0 Å². The number of amides is 2. The monoisotopic (exact) mass is 661 g/mol. The summed E-state index contributed by atoms with van der Waals surface area (Å²) >= 11 is 0. The Bertz CT molecular complexity index is 1680. The van der Waals surface area contributed by atoms with E-state index < -0.39 is 23.7 Å². The molecular formula is C36H34F3N3O6-2. The fraction of sp³-hybridized carbons (Fsp3) is 0.222. The maximum atomic E-state index is 13.2. The Kier molecular flexibility index (Phi) is 13.4. The third-order valence-corrected chi connectivity index (χ3v) is 7.22. The van der Waals surface area contributed by atoms with Gasteiger partial charge in [-0.05, 0) is 46.7 Å². The minimum Gasteiger partial charge on any atom is -0.547 e. The van der Waals surface area contributed by atoms with E-state index in [1.54, 1.807) is 42.5 Å². The zero-order valence-electron chi connectivity index (χ0n) is 25.8. The standard InChI is InChI=1S/C34H35N3O4.C2HF3O2/c35-21-22-36-32(39)30-19-8-7-18-29(30)27-15-9-14-26(23-27)24-34(33(40)41,28-16-5-2-6-17-28)37-31(38)20-10-13-25-11-3-1-4-12-25;3-2(4,5)1(6)7/h1-9,11-12,14-19,23H,10,13,20-22,24,35H2,(H,36,39)(H,37,38)(H,40,41);(H,6,7)/p-2. The van der Waals surface area contributed by atoms with Crippen LogP contribution in [0.4, 0.5) is 13.2 Å². The smallest absolute Gasteiger partial charge is 0.430 e. The first-order valence-electron chi connectivity index (χ1n) is 14.9. The van der Waals surface area contributed by atoms with Crippen molar-refractivity contribution in [1.82, 2.24) is 10.6 Å². The molecule has 1 atom stereocenters. The number of carbonyl (C=O) groups is 4. The molecule has 12 heteroatoms. The van der Waals surface area contributed by atoms with E-state index in [4.69, 9.17) is 15.6 Å². The van der Waals surface area contributed by atoms with Crippen molar-refractivity contribution >= 4 is 23.8 Å². The van der Waals surface area contributed by atoms with Gasteiger partial charge in [-0.2, -0.15) is 13.2 Å². The molecular weight excluding hydrogens is 627 g/mol. The number of nitrogens with one attached hydrogen (secondary N) is 2. The van der Waals surface area contributed by atoms with Crippen molar-refractivity contribution in [1.29, 1.82) is 0 Å². The van der Waals surface area contributed by atoms with E-state index in [0.29, 0.717) is 48.2 Å². The normalized spacial score (nSPS) is 12.1. The molecule has 0 fully saturated rings. The molecule has 0 aromatic heterocycles. The summed E-state index contributed by atoms with van der Waals surface area (Å²) in [7, 11) is 0. The number of carbonyl (C=O) groups excluding carboxylic acids is 4. The third-order valence-electron chi connectivity index (χ3n) is 7.22. The molecule has 2 amide bonds. The largest absolute Gasteiger partial charge is 0.547 e. The van der Waals surface area contributed by atoms with E-state index in [9.17, 15) is 32.7 Å². The number of hydrogen-bond donors (Lipinski definition) is 3. The Morgan fingerprint density at radius 2 is 1.31 bits per heavy atom. The summed E-state index contributed by atoms with van der Waals surface area (Å²) in [5.41, 5.74) is 7.89. The fourth-order valence-corrected chi connectivity index (χ4v) is 4.95. The van der Waals surface area contributed by atoms with Gasteiger partial charge >= 0.3 is 6.18 Å². The Labute approximate surface area is 275 Å². The van der Waals surface area contributed by atoms with Gasteiger partial charge in [-0.25, -0.2) is 0 Å². The van der Waals surface area contributed by atoms with Crippen LogP contribution in [0.2, 0.25) is 0 Å². The number of benzene rings is 4. The van der Waals surface area contributed by atoms with Crippen molar-refractivity contribution in [2.24, 2.45) is 5.73 Å². The van der Waals surface area contributed by atoms with Crippen LogP contribution in [0.5, 0.6) is 0 Å². The first-order chi connectivity index (χ1) is 22.9. The highest BCUT2D eigenvalue weighted by molar-refractivity contribution is 6.01. The van der Waals surface area contributed by atoms with E-state index in [2.05, 4.69) is 10.6 Å². The molecule has 0 radical (unpaired) electrons. The first-order valence-corrected chi connectivity index (χ1v) is 14.9. The van der Waals surface area contributed by atoms with Crippen LogP contribution in [-0.4, -0.2) is 43.0 Å². The zero-order chi connectivity index (χ0) is 35.2. The molecule has 0 saturated carbocycles. The Balaban J connectivity index is 0.000000804. The lowest BCUT2D eigenvalue weighted by Crippen LogP contribution is -2.58. The number of rotatable bonds is 13. The van der Waals surface area contributed by atoms with Crippen LogP contribution in [0, 0.1) is 0 Å². The van der Waals surface area contributed by atoms with Crippen LogP contribution in [0.25, 0.3) is 11.1 Å². The van der Waals surface area contributed by atoms with Gasteiger partial charge in [0.05, 0.1) is 5.97 Å². The summed E-state index contributed by atoms with van der Waals surface area (Å²) in [5.74, 6) is -5.01. The molecule has 0 aliphatic rings. The molecule has 0 bridgehead atoms. The molecule has 4 aromatic carbocycles. The molecule has 252 valence electrons. The van der Waals surface area contributed by atoms with Crippen LogP contribution < -0.4 is 26.6 Å². The number of alkyl halides is 3. The predicted octanol–water partition coefficient (Wildman–Crippen LogP) is 2.67. The average molecular weight is 662 g/mol. The highest BCUT2D eigenvalue weighted by Gasteiger charge is 2.36. The number of carboxylic acid groups (broad SMARTS) is 2. The highest BCUT2D eigenvalue weighted by Crippen LogP contribution is 2.30. The third kappa shape index (κ3) is 10.5. The summed E-state index contributed by atoms with van der Waals surface area (Å²) in [6.45, 7) is 0.676. The van der Waals surface area contributed by atoms with E-state index in [-0.39, 0.29) is 24.7 Å². The molecule has 0 spiro atoms. The molecule has 0 heterocycles. The van der Waals surface area contributed by atoms with Gasteiger partial charge in [0, 0.05) is 31.5 Å². The van der Waals surface area contributed by atoms with Crippen molar-refractivity contribution < 1.29 is 42.6 Å². The lowest BCUT2D eigenvalue weighted by Gasteiger charge is -2.37. The fourth-order valence-electron chi connectivity index (χ4n) is 4.95. The second-order valence-corrected chi connectivity index (χ2v) is 10.7. The summed E-state index contributed by atoms with van der Waals surface area (Å²) in [5, 5.41) is 27.3. The van der Waals surface area contributed by atoms with Crippen LogP contribution >= 0.6 is 0 Å². The highest BCUT2D eigenvalue weighted by atomic mass is 19.4. The number of halogens is 3. The second kappa shape index (κ2) is 17.4. The quantitative estimate of drug-likeness (QED) is 0.198. The van der Waals surface area contributed by atoms with Crippen molar-refractivity contribution in [3.05, 3.63) is 131 Å². The van der Waals surface area contributed by atoms with Gasteiger partial charge in [-0.1, -0.05) is 103 Å². The first kappa shape index (κ1) is 37.0. The number of hydrogen-bond acceptors (Lipinski definition) is 7. The molecule has 48 heavy (non-hydrogen) atoms. The molecule has 0 aliphatic heterocycles. The Morgan fingerprint density at radius 3 is 1.92 bits per heavy atom. The van der Waals surface area contributed by atoms with Gasteiger partial charge in [0.25, 0.3) is 5.91 Å². The Hall–Kier alpha value is -5.49. The van der Waals surface area contributed by atoms with Crippen molar-refractivity contribution in [2.75, 3.05) is 13.1 Å². The SMILES string of the molecule is NCCNC(=O)c1ccccc1-c1cccc(CC(NC(=O)CCCc2ccccc2)(C(=O)[O-])c2ccccc2)c1.O=C([O-])C(F)(F)F. The average Bonchev–Trinajstić information content (AvgIpc) is 3.07. The predicted molar refractivity (Wildman–Crippen MR) is 169 cm³/mol. The minimum absolute atomic E-state index is 0.0425. The van der Waals surface area contributed by atoms with Crippen LogP contribution in [0.3, 0.4) is 0 Å². The number of aliphatic carboxylic acids is 2. The summed E-state index contributed by atoms with van der Waals surface area (Å²) in [4.78, 5) is 47.6. The number of nitrogens with two attached hydrogens (primary N) is 1. The lowest BCUT2D eigenvalue weighted by molar-refractivity contribution is -0.344.